The molecule has 0 bridgehead atoms. The van der Waals surface area contributed by atoms with Gasteiger partial charge in [0.25, 0.3) is 0 Å². The molecule has 1 aliphatic rings. The standard InChI is InChI=1S/C11H20N2S2/c1-9(2)11(12-4)7-13-8-14-6-5-10(3)15-13/h5-6,9,11-12H,3,7-8H2,1-2,4H3. The number of thioether (sulfide) groups is 1. The van der Waals surface area contributed by atoms with Crippen LogP contribution in [0.1, 0.15) is 13.8 Å². The van der Waals surface area contributed by atoms with Crippen molar-refractivity contribution in [3.63, 3.8) is 0 Å². The Morgan fingerprint density at radius 1 is 1.60 bits per heavy atom. The zero-order chi connectivity index (χ0) is 11.3. The summed E-state index contributed by atoms with van der Waals surface area (Å²) in [6.07, 6.45) is 2.08. The first kappa shape index (κ1) is 13.2. The van der Waals surface area contributed by atoms with Crippen molar-refractivity contribution in [1.29, 1.82) is 0 Å². The lowest BCUT2D eigenvalue weighted by Crippen LogP contribution is -2.40. The lowest BCUT2D eigenvalue weighted by molar-refractivity contribution is 0.358. The molecule has 0 aromatic rings. The predicted molar refractivity (Wildman–Crippen MR) is 72.7 cm³/mol. The molecule has 15 heavy (non-hydrogen) atoms. The van der Waals surface area contributed by atoms with Gasteiger partial charge in [0.1, 0.15) is 0 Å². The molecule has 0 spiro atoms. The van der Waals surface area contributed by atoms with Gasteiger partial charge in [-0.3, -0.25) is 0 Å². The summed E-state index contributed by atoms with van der Waals surface area (Å²) in [6, 6.07) is 0.545. The third kappa shape index (κ3) is 4.64. The lowest BCUT2D eigenvalue weighted by atomic mass is 10.1. The van der Waals surface area contributed by atoms with Crippen molar-refractivity contribution >= 4 is 23.7 Å². The quantitative estimate of drug-likeness (QED) is 0.765. The van der Waals surface area contributed by atoms with Crippen molar-refractivity contribution in [2.24, 2.45) is 5.92 Å². The van der Waals surface area contributed by atoms with Gasteiger partial charge in [0, 0.05) is 17.5 Å². The Morgan fingerprint density at radius 3 is 2.93 bits per heavy atom. The first-order valence-electron chi connectivity index (χ1n) is 5.20. The molecule has 0 saturated carbocycles. The van der Waals surface area contributed by atoms with Crippen molar-refractivity contribution in [3.8, 4) is 0 Å². The molecule has 2 nitrogen and oxygen atoms in total. The summed E-state index contributed by atoms with van der Waals surface area (Å²) in [4.78, 5) is 1.12. The maximum absolute atomic E-state index is 4.00. The van der Waals surface area contributed by atoms with Crippen LogP contribution in [0.2, 0.25) is 0 Å². The van der Waals surface area contributed by atoms with Crippen LogP contribution < -0.4 is 5.32 Å². The first-order valence-corrected chi connectivity index (χ1v) is 7.03. The predicted octanol–water partition coefficient (Wildman–Crippen LogP) is 2.91. The molecule has 0 aliphatic carbocycles. The van der Waals surface area contributed by atoms with E-state index in [-0.39, 0.29) is 0 Å². The van der Waals surface area contributed by atoms with E-state index >= 15 is 0 Å². The van der Waals surface area contributed by atoms with Gasteiger partial charge < -0.3 is 5.32 Å². The number of hydrogen-bond acceptors (Lipinski definition) is 4. The van der Waals surface area contributed by atoms with Gasteiger partial charge in [0.2, 0.25) is 0 Å². The van der Waals surface area contributed by atoms with Crippen molar-refractivity contribution in [2.45, 2.75) is 19.9 Å². The van der Waals surface area contributed by atoms with Crippen molar-refractivity contribution in [3.05, 3.63) is 23.0 Å². The van der Waals surface area contributed by atoms with Gasteiger partial charge >= 0.3 is 0 Å². The number of nitrogens with zero attached hydrogens (tertiary/aromatic N) is 1. The minimum absolute atomic E-state index is 0.545. The Hall–Kier alpha value is 0.1000. The van der Waals surface area contributed by atoms with E-state index in [1.54, 1.807) is 11.9 Å². The molecule has 0 aromatic carbocycles. The molecular weight excluding hydrogens is 224 g/mol. The van der Waals surface area contributed by atoms with Gasteiger partial charge in [-0.25, -0.2) is 4.31 Å². The molecule has 0 fully saturated rings. The zero-order valence-electron chi connectivity index (χ0n) is 9.69. The molecule has 4 heteroatoms. The average molecular weight is 244 g/mol. The highest BCUT2D eigenvalue weighted by Crippen LogP contribution is 2.28. The molecule has 0 amide bonds. The van der Waals surface area contributed by atoms with E-state index in [0.717, 1.165) is 17.3 Å². The summed E-state index contributed by atoms with van der Waals surface area (Å²) in [5.41, 5.74) is 0. The van der Waals surface area contributed by atoms with E-state index in [4.69, 9.17) is 0 Å². The van der Waals surface area contributed by atoms with E-state index in [2.05, 4.69) is 41.5 Å². The molecule has 0 radical (unpaired) electrons. The Morgan fingerprint density at radius 2 is 2.33 bits per heavy atom. The fourth-order valence-corrected chi connectivity index (χ4v) is 3.21. The Bertz CT molecular complexity index is 239. The second kappa shape index (κ2) is 6.63. The SMILES string of the molecule is C=C1C=CSCN(CC(NC)C(C)C)S1. The molecular formula is C11H20N2S2. The molecule has 1 aliphatic heterocycles. The van der Waals surface area contributed by atoms with Gasteiger partial charge in [-0.15, -0.1) is 11.8 Å². The van der Waals surface area contributed by atoms with Crippen molar-refractivity contribution in [2.75, 3.05) is 19.5 Å². The molecule has 1 unspecified atom stereocenters. The first-order chi connectivity index (χ1) is 7.13. The maximum atomic E-state index is 4.00. The van der Waals surface area contributed by atoms with Crippen molar-refractivity contribution in [1.82, 2.24) is 9.62 Å². The van der Waals surface area contributed by atoms with E-state index < -0.39 is 0 Å². The molecule has 0 saturated heterocycles. The second-order valence-corrected chi connectivity index (χ2v) is 6.05. The highest BCUT2D eigenvalue weighted by molar-refractivity contribution is 8.05. The van der Waals surface area contributed by atoms with Crippen LogP contribution in [0, 0.1) is 5.92 Å². The largest absolute Gasteiger partial charge is 0.315 e. The summed E-state index contributed by atoms with van der Waals surface area (Å²) in [5.74, 6) is 1.69. The van der Waals surface area contributed by atoms with Gasteiger partial charge in [0.15, 0.2) is 0 Å². The van der Waals surface area contributed by atoms with Crippen LogP contribution in [0.15, 0.2) is 23.0 Å². The fourth-order valence-electron chi connectivity index (χ4n) is 1.42. The number of hydrogen-bond donors (Lipinski definition) is 1. The third-order valence-electron chi connectivity index (χ3n) is 2.39. The van der Waals surface area contributed by atoms with E-state index in [1.807, 2.05) is 18.8 Å². The number of nitrogens with one attached hydrogen (secondary N) is 1. The van der Waals surface area contributed by atoms with Crippen LogP contribution in [0.25, 0.3) is 0 Å². The Kier molecular flexibility index (Phi) is 5.82. The van der Waals surface area contributed by atoms with Crippen LogP contribution in [0.5, 0.6) is 0 Å². The normalized spacial score (nSPS) is 20.7. The lowest BCUT2D eigenvalue weighted by Gasteiger charge is -2.27. The molecule has 1 atom stereocenters. The Labute approximate surface area is 102 Å². The summed E-state index contributed by atoms with van der Waals surface area (Å²) in [5, 5.41) is 5.49. The minimum atomic E-state index is 0.545. The number of rotatable bonds is 4. The van der Waals surface area contributed by atoms with Gasteiger partial charge in [-0.05, 0) is 36.4 Å². The van der Waals surface area contributed by atoms with E-state index in [1.165, 1.54) is 0 Å². The molecule has 1 rings (SSSR count). The second-order valence-electron chi connectivity index (χ2n) is 3.96. The smallest absolute Gasteiger partial charge is 0.0591 e. The van der Waals surface area contributed by atoms with Crippen LogP contribution >= 0.6 is 23.7 Å². The highest BCUT2D eigenvalue weighted by atomic mass is 32.2. The minimum Gasteiger partial charge on any atom is -0.315 e. The molecule has 0 aromatic heterocycles. The third-order valence-corrected chi connectivity index (χ3v) is 4.25. The fraction of sp³-hybridized carbons (Fsp3) is 0.636. The summed E-state index contributed by atoms with van der Waals surface area (Å²) in [6.45, 7) is 9.57. The summed E-state index contributed by atoms with van der Waals surface area (Å²) >= 11 is 3.59. The highest BCUT2D eigenvalue weighted by Gasteiger charge is 2.17. The van der Waals surface area contributed by atoms with Gasteiger partial charge in [-0.1, -0.05) is 20.4 Å². The van der Waals surface area contributed by atoms with E-state index in [0.29, 0.717) is 12.0 Å². The van der Waals surface area contributed by atoms with Crippen LogP contribution in [0.3, 0.4) is 0 Å². The van der Waals surface area contributed by atoms with Crippen LogP contribution in [-0.2, 0) is 0 Å². The van der Waals surface area contributed by atoms with Gasteiger partial charge in [-0.2, -0.15) is 0 Å². The average Bonchev–Trinajstić information content (AvgIpc) is 2.38. The monoisotopic (exact) mass is 244 g/mol. The Balaban J connectivity index is 2.46. The molecule has 1 N–H and O–H groups in total. The topological polar surface area (TPSA) is 15.3 Å². The number of allylic oxidation sites excluding steroid dienone is 1. The van der Waals surface area contributed by atoms with E-state index in [9.17, 15) is 0 Å². The van der Waals surface area contributed by atoms with Crippen LogP contribution in [0.4, 0.5) is 0 Å². The van der Waals surface area contributed by atoms with Crippen molar-refractivity contribution < 1.29 is 0 Å². The molecule has 1 heterocycles. The number of likely N-dealkylation sites (N-methyl/N-ethyl adjacent to an activating group) is 1. The van der Waals surface area contributed by atoms with Gasteiger partial charge in [0.05, 0.1) is 5.88 Å². The maximum Gasteiger partial charge on any atom is 0.0591 e. The van der Waals surface area contributed by atoms with Crippen LogP contribution in [-0.4, -0.2) is 29.8 Å². The summed E-state index contributed by atoms with van der Waals surface area (Å²) in [7, 11) is 2.04. The summed E-state index contributed by atoms with van der Waals surface area (Å²) < 4.78 is 2.37. The zero-order valence-corrected chi connectivity index (χ0v) is 11.3. The molecule has 86 valence electrons.